The van der Waals surface area contributed by atoms with Gasteiger partial charge in [0.2, 0.25) is 0 Å². The molecule has 1 aromatic heterocycles. The van der Waals surface area contributed by atoms with Gasteiger partial charge < -0.3 is 9.84 Å². The van der Waals surface area contributed by atoms with Gasteiger partial charge in [0.15, 0.2) is 0 Å². The molecule has 0 aliphatic carbocycles. The molecule has 0 fully saturated rings. The minimum Gasteiger partial charge on any atom is -0.483 e. The number of benzene rings is 1. The van der Waals surface area contributed by atoms with Gasteiger partial charge in [0.05, 0.1) is 11.3 Å². The van der Waals surface area contributed by atoms with Gasteiger partial charge in [-0.3, -0.25) is 9.78 Å². The van der Waals surface area contributed by atoms with Crippen molar-refractivity contribution in [2.24, 2.45) is 0 Å². The number of ether oxygens (including phenoxy) is 1. The van der Waals surface area contributed by atoms with E-state index in [1.807, 2.05) is 25.1 Å². The molecule has 0 aliphatic heterocycles. The average molecular weight is 342 g/mol. The van der Waals surface area contributed by atoms with Crippen LogP contribution in [0.5, 0.6) is 5.75 Å². The fourth-order valence-electron chi connectivity index (χ4n) is 1.62. The van der Waals surface area contributed by atoms with E-state index in [1.54, 1.807) is 6.20 Å². The van der Waals surface area contributed by atoms with Crippen LogP contribution in [0.15, 0.2) is 28.9 Å². The summed E-state index contributed by atoms with van der Waals surface area (Å²) in [7, 11) is 0. The second kappa shape index (κ2) is 6.25. The lowest BCUT2D eigenvalue weighted by Crippen LogP contribution is -2.02. The molecule has 100 valence electrons. The summed E-state index contributed by atoms with van der Waals surface area (Å²) in [5.74, 6) is 0.280. The molecule has 0 saturated heterocycles. The molecule has 1 N–H and O–H groups in total. The van der Waals surface area contributed by atoms with E-state index in [0.29, 0.717) is 5.94 Å². The number of carboxylic acids is 1. The zero-order chi connectivity index (χ0) is 13.8. The second-order valence-corrected chi connectivity index (χ2v) is 5.82. The van der Waals surface area contributed by atoms with Gasteiger partial charge in [-0.2, -0.15) is 0 Å². The van der Waals surface area contributed by atoms with E-state index in [1.165, 1.54) is 11.8 Å². The maximum Gasteiger partial charge on any atom is 0.313 e. The van der Waals surface area contributed by atoms with Crippen molar-refractivity contribution in [3.63, 3.8) is 0 Å². The number of rotatable bonds is 5. The fourth-order valence-corrected chi connectivity index (χ4v) is 2.44. The Bertz CT molecular complexity index is 618. The summed E-state index contributed by atoms with van der Waals surface area (Å²) in [4.78, 5) is 14.7. The number of nitrogens with zero attached hydrogens (tertiary/aromatic N) is 1. The summed E-state index contributed by atoms with van der Waals surface area (Å²) in [5, 5.41) is 9.53. The Balaban J connectivity index is 2.14. The summed E-state index contributed by atoms with van der Waals surface area (Å²) in [5.41, 5.74) is 1.89. The number of carboxylic acid groups (broad SMARTS) is 1. The van der Waals surface area contributed by atoms with E-state index in [9.17, 15) is 4.79 Å². The van der Waals surface area contributed by atoms with Crippen molar-refractivity contribution < 1.29 is 14.6 Å². The highest BCUT2D eigenvalue weighted by Crippen LogP contribution is 2.26. The summed E-state index contributed by atoms with van der Waals surface area (Å²) < 4.78 is 6.50. The molecule has 0 bridgehead atoms. The van der Waals surface area contributed by atoms with Crippen molar-refractivity contribution in [2.75, 3.05) is 11.7 Å². The number of aryl methyl sites for hydroxylation is 1. The van der Waals surface area contributed by atoms with Crippen LogP contribution >= 0.6 is 27.7 Å². The molecule has 4 nitrogen and oxygen atoms in total. The first-order valence-corrected chi connectivity index (χ1v) is 7.49. The number of thioether (sulfide) groups is 1. The van der Waals surface area contributed by atoms with Crippen LogP contribution in [0.25, 0.3) is 10.9 Å². The largest absolute Gasteiger partial charge is 0.483 e. The summed E-state index contributed by atoms with van der Waals surface area (Å²) in [6, 6.07) is 5.85. The lowest BCUT2D eigenvalue weighted by atomic mass is 10.1. The lowest BCUT2D eigenvalue weighted by molar-refractivity contribution is -0.133. The van der Waals surface area contributed by atoms with Gasteiger partial charge in [-0.15, -0.1) is 11.8 Å². The Morgan fingerprint density at radius 2 is 2.26 bits per heavy atom. The van der Waals surface area contributed by atoms with Crippen molar-refractivity contribution in [1.29, 1.82) is 0 Å². The van der Waals surface area contributed by atoms with Crippen molar-refractivity contribution in [2.45, 2.75) is 6.92 Å². The van der Waals surface area contributed by atoms with Crippen LogP contribution in [0.2, 0.25) is 0 Å². The minimum absolute atomic E-state index is 0.0414. The minimum atomic E-state index is -0.836. The quantitative estimate of drug-likeness (QED) is 0.666. The molecule has 0 amide bonds. The fraction of sp³-hybridized carbons (Fsp3) is 0.231. The lowest BCUT2D eigenvalue weighted by Gasteiger charge is -2.09. The smallest absolute Gasteiger partial charge is 0.313 e. The van der Waals surface area contributed by atoms with Crippen LogP contribution < -0.4 is 4.74 Å². The third-order valence-electron chi connectivity index (χ3n) is 2.47. The van der Waals surface area contributed by atoms with Gasteiger partial charge in [0.25, 0.3) is 0 Å². The van der Waals surface area contributed by atoms with Crippen LogP contribution in [0.4, 0.5) is 0 Å². The maximum absolute atomic E-state index is 10.4. The van der Waals surface area contributed by atoms with Gasteiger partial charge in [0, 0.05) is 16.1 Å². The van der Waals surface area contributed by atoms with Crippen LogP contribution in [-0.4, -0.2) is 27.8 Å². The summed E-state index contributed by atoms with van der Waals surface area (Å²) in [6.45, 7) is 1.94. The molecule has 2 aromatic rings. The van der Waals surface area contributed by atoms with Gasteiger partial charge >= 0.3 is 5.97 Å². The number of aromatic nitrogens is 1. The number of pyridine rings is 1. The topological polar surface area (TPSA) is 59.4 Å². The SMILES string of the molecule is Cc1cc2ncc(Br)cc2cc1OCSCC(=O)O. The molecule has 19 heavy (non-hydrogen) atoms. The Labute approximate surface area is 123 Å². The highest BCUT2D eigenvalue weighted by atomic mass is 79.9. The maximum atomic E-state index is 10.4. The van der Waals surface area contributed by atoms with E-state index in [2.05, 4.69) is 20.9 Å². The van der Waals surface area contributed by atoms with Crippen LogP contribution in [0.3, 0.4) is 0 Å². The van der Waals surface area contributed by atoms with Gasteiger partial charge in [-0.25, -0.2) is 0 Å². The predicted octanol–water partition coefficient (Wildman–Crippen LogP) is 3.46. The van der Waals surface area contributed by atoms with Crippen molar-refractivity contribution >= 4 is 44.6 Å². The van der Waals surface area contributed by atoms with Gasteiger partial charge in [0.1, 0.15) is 11.7 Å². The molecular formula is C13H12BrNO3S. The first-order valence-electron chi connectivity index (χ1n) is 5.54. The third kappa shape index (κ3) is 3.84. The van der Waals surface area contributed by atoms with E-state index >= 15 is 0 Å². The Morgan fingerprint density at radius 3 is 3.00 bits per heavy atom. The molecule has 0 radical (unpaired) electrons. The molecule has 1 aromatic carbocycles. The number of hydrogen-bond donors (Lipinski definition) is 1. The molecule has 0 saturated carbocycles. The zero-order valence-corrected chi connectivity index (χ0v) is 12.6. The van der Waals surface area contributed by atoms with Gasteiger partial charge in [-0.05, 0) is 46.6 Å². The number of aliphatic carboxylic acids is 1. The molecule has 0 spiro atoms. The third-order valence-corrected chi connectivity index (χ3v) is 3.64. The molecule has 0 unspecified atom stereocenters. The zero-order valence-electron chi connectivity index (χ0n) is 10.2. The predicted molar refractivity (Wildman–Crippen MR) is 79.8 cm³/mol. The van der Waals surface area contributed by atoms with Crippen molar-refractivity contribution in [1.82, 2.24) is 4.98 Å². The first-order chi connectivity index (χ1) is 9.06. The van der Waals surface area contributed by atoms with E-state index in [-0.39, 0.29) is 5.75 Å². The number of carbonyl (C=O) groups is 1. The molecular weight excluding hydrogens is 330 g/mol. The van der Waals surface area contributed by atoms with Crippen LogP contribution in [-0.2, 0) is 4.79 Å². The summed E-state index contributed by atoms with van der Waals surface area (Å²) >= 11 is 4.61. The number of hydrogen-bond acceptors (Lipinski definition) is 4. The molecule has 2 rings (SSSR count). The first kappa shape index (κ1) is 14.1. The second-order valence-electron chi connectivity index (χ2n) is 3.97. The molecule has 0 aliphatic rings. The number of halogens is 1. The normalized spacial score (nSPS) is 10.6. The van der Waals surface area contributed by atoms with Crippen LogP contribution in [0, 0.1) is 6.92 Å². The van der Waals surface area contributed by atoms with E-state index < -0.39 is 5.97 Å². The monoisotopic (exact) mass is 341 g/mol. The summed E-state index contributed by atoms with van der Waals surface area (Å²) in [6.07, 6.45) is 1.75. The van der Waals surface area contributed by atoms with Gasteiger partial charge in [-0.1, -0.05) is 0 Å². The Hall–Kier alpha value is -1.27. The van der Waals surface area contributed by atoms with E-state index in [4.69, 9.17) is 9.84 Å². The number of fused-ring (bicyclic) bond motifs is 1. The van der Waals surface area contributed by atoms with E-state index in [0.717, 1.165) is 26.7 Å². The molecule has 0 atom stereocenters. The van der Waals surface area contributed by atoms with Crippen molar-refractivity contribution in [3.05, 3.63) is 34.4 Å². The van der Waals surface area contributed by atoms with Crippen molar-refractivity contribution in [3.8, 4) is 5.75 Å². The van der Waals surface area contributed by atoms with Crippen LogP contribution in [0.1, 0.15) is 5.56 Å². The molecule has 6 heteroatoms. The average Bonchev–Trinajstić information content (AvgIpc) is 2.35. The highest BCUT2D eigenvalue weighted by Gasteiger charge is 2.05. The standard InChI is InChI=1S/C13H12BrNO3S/c1-8-2-11-9(3-10(14)5-15-11)4-12(8)18-7-19-6-13(16)17/h2-5H,6-7H2,1H3,(H,16,17). The molecule has 1 heterocycles. The Kier molecular flexibility index (Phi) is 4.66. The highest BCUT2D eigenvalue weighted by molar-refractivity contribution is 9.10. The Morgan fingerprint density at radius 1 is 1.47 bits per heavy atom.